The van der Waals surface area contributed by atoms with Gasteiger partial charge in [0.15, 0.2) is 0 Å². The predicted octanol–water partition coefficient (Wildman–Crippen LogP) is 2.29. The van der Waals surface area contributed by atoms with E-state index in [-0.39, 0.29) is 13.1 Å². The van der Waals surface area contributed by atoms with Gasteiger partial charge in [0, 0.05) is 30.4 Å². The van der Waals surface area contributed by atoms with Crippen molar-refractivity contribution in [3.63, 3.8) is 0 Å². The highest BCUT2D eigenvalue weighted by atomic mass is 16.6. The Morgan fingerprint density at radius 2 is 2.09 bits per heavy atom. The van der Waals surface area contributed by atoms with Crippen molar-refractivity contribution >= 4 is 12.1 Å². The Hall–Kier alpha value is -2.11. The van der Waals surface area contributed by atoms with Crippen LogP contribution >= 0.6 is 0 Å². The quantitative estimate of drug-likeness (QED) is 0.907. The van der Waals surface area contributed by atoms with Crippen molar-refractivity contribution < 1.29 is 19.4 Å². The molecule has 2 heterocycles. The zero-order valence-electron chi connectivity index (χ0n) is 13.4. The molecule has 1 saturated heterocycles. The number of amides is 1. The summed E-state index contributed by atoms with van der Waals surface area (Å²) >= 11 is 0. The Labute approximate surface area is 130 Å². The van der Waals surface area contributed by atoms with Gasteiger partial charge < -0.3 is 14.7 Å². The van der Waals surface area contributed by atoms with Crippen LogP contribution in [0.25, 0.3) is 0 Å². The summed E-state index contributed by atoms with van der Waals surface area (Å²) < 4.78 is 5.35. The molecule has 1 aromatic rings. The Kier molecular flexibility index (Phi) is 4.13. The number of carboxylic acids is 1. The number of ether oxygens (including phenoxy) is 1. The van der Waals surface area contributed by atoms with Gasteiger partial charge in [-0.15, -0.1) is 0 Å². The molecule has 2 atom stereocenters. The Balaban J connectivity index is 2.28. The summed E-state index contributed by atoms with van der Waals surface area (Å²) in [6.45, 7) is 7.58. The highest BCUT2D eigenvalue weighted by Crippen LogP contribution is 2.38. The third-order valence-corrected chi connectivity index (χ3v) is 3.89. The molecule has 1 N–H and O–H groups in total. The van der Waals surface area contributed by atoms with Crippen molar-refractivity contribution in [1.82, 2.24) is 9.88 Å². The van der Waals surface area contributed by atoms with Crippen molar-refractivity contribution in [2.24, 2.45) is 5.92 Å². The smallest absolute Gasteiger partial charge is 0.410 e. The van der Waals surface area contributed by atoms with Crippen LogP contribution in [0.2, 0.25) is 0 Å². The van der Waals surface area contributed by atoms with Crippen molar-refractivity contribution in [3.8, 4) is 0 Å². The summed E-state index contributed by atoms with van der Waals surface area (Å²) in [5.74, 6) is -1.64. The molecule has 6 heteroatoms. The predicted molar refractivity (Wildman–Crippen MR) is 80.5 cm³/mol. The van der Waals surface area contributed by atoms with Gasteiger partial charge in [0.25, 0.3) is 0 Å². The van der Waals surface area contributed by atoms with Crippen LogP contribution in [-0.2, 0) is 14.9 Å². The van der Waals surface area contributed by atoms with Crippen LogP contribution < -0.4 is 0 Å². The van der Waals surface area contributed by atoms with Gasteiger partial charge in [0.2, 0.25) is 0 Å². The van der Waals surface area contributed by atoms with Crippen molar-refractivity contribution in [3.05, 3.63) is 30.1 Å². The minimum Gasteiger partial charge on any atom is -0.481 e. The molecule has 0 saturated carbocycles. The lowest BCUT2D eigenvalue weighted by Crippen LogP contribution is -2.38. The molecule has 0 unspecified atom stereocenters. The van der Waals surface area contributed by atoms with Gasteiger partial charge in [0.1, 0.15) is 5.60 Å². The van der Waals surface area contributed by atoms with E-state index < -0.39 is 29.0 Å². The number of aromatic nitrogens is 1. The molecule has 0 bridgehead atoms. The second-order valence-corrected chi connectivity index (χ2v) is 6.88. The third kappa shape index (κ3) is 3.21. The highest BCUT2D eigenvalue weighted by molar-refractivity contribution is 5.76. The molecule has 120 valence electrons. The maximum atomic E-state index is 12.2. The molecule has 1 aliphatic rings. The van der Waals surface area contributed by atoms with E-state index in [0.29, 0.717) is 5.69 Å². The van der Waals surface area contributed by atoms with Crippen LogP contribution in [0.15, 0.2) is 24.4 Å². The van der Waals surface area contributed by atoms with Gasteiger partial charge in [-0.25, -0.2) is 4.79 Å². The van der Waals surface area contributed by atoms with E-state index >= 15 is 0 Å². The minimum atomic E-state index is -0.931. The maximum Gasteiger partial charge on any atom is 0.410 e. The highest BCUT2D eigenvalue weighted by Gasteiger charge is 2.51. The fraction of sp³-hybridized carbons (Fsp3) is 0.562. The molecule has 0 aliphatic carbocycles. The number of carbonyl (C=O) groups is 2. The SMILES string of the molecule is CC(C)(C)OC(=O)N1C[C@@H](C(=O)O)[C@](C)(c2ccccn2)C1. The zero-order chi connectivity index (χ0) is 16.5. The molecule has 0 radical (unpaired) electrons. The van der Waals surface area contributed by atoms with E-state index in [1.165, 1.54) is 4.90 Å². The fourth-order valence-electron chi connectivity index (χ4n) is 2.77. The molecule has 1 amide bonds. The summed E-state index contributed by atoms with van der Waals surface area (Å²) in [6.07, 6.45) is 1.15. The molecule has 0 aromatic carbocycles. The number of nitrogens with zero attached hydrogens (tertiary/aromatic N) is 2. The van der Waals surface area contributed by atoms with Gasteiger partial charge in [-0.2, -0.15) is 0 Å². The van der Waals surface area contributed by atoms with E-state index in [9.17, 15) is 14.7 Å². The summed E-state index contributed by atoms with van der Waals surface area (Å²) in [5.41, 5.74) is -0.669. The van der Waals surface area contributed by atoms with Gasteiger partial charge in [-0.05, 0) is 32.9 Å². The van der Waals surface area contributed by atoms with E-state index in [1.807, 2.05) is 13.0 Å². The lowest BCUT2D eigenvalue weighted by atomic mass is 9.77. The van der Waals surface area contributed by atoms with E-state index in [1.54, 1.807) is 39.1 Å². The average Bonchev–Trinajstić information content (AvgIpc) is 2.78. The first-order valence-electron chi connectivity index (χ1n) is 7.26. The molecular formula is C16H22N2O4. The molecule has 6 nitrogen and oxygen atoms in total. The van der Waals surface area contributed by atoms with Crippen LogP contribution in [0.5, 0.6) is 0 Å². The maximum absolute atomic E-state index is 12.2. The first-order valence-corrected chi connectivity index (χ1v) is 7.26. The summed E-state index contributed by atoms with van der Waals surface area (Å²) in [5, 5.41) is 9.54. The molecule has 2 rings (SSSR count). The van der Waals surface area contributed by atoms with E-state index in [2.05, 4.69) is 4.98 Å². The summed E-state index contributed by atoms with van der Waals surface area (Å²) in [7, 11) is 0. The molecule has 0 spiro atoms. The lowest BCUT2D eigenvalue weighted by Gasteiger charge is -2.28. The largest absolute Gasteiger partial charge is 0.481 e. The van der Waals surface area contributed by atoms with Gasteiger partial charge >= 0.3 is 12.1 Å². The number of carboxylic acid groups (broad SMARTS) is 1. The summed E-state index contributed by atoms with van der Waals surface area (Å²) in [4.78, 5) is 29.6. The number of hydrogen-bond acceptors (Lipinski definition) is 4. The zero-order valence-corrected chi connectivity index (χ0v) is 13.4. The molecule has 1 aromatic heterocycles. The lowest BCUT2D eigenvalue weighted by molar-refractivity contribution is -0.142. The third-order valence-electron chi connectivity index (χ3n) is 3.89. The first-order chi connectivity index (χ1) is 10.1. The number of aliphatic carboxylic acids is 1. The fourth-order valence-corrected chi connectivity index (χ4v) is 2.77. The van der Waals surface area contributed by atoms with Crippen LogP contribution in [0, 0.1) is 5.92 Å². The van der Waals surface area contributed by atoms with Crippen LogP contribution in [0.1, 0.15) is 33.4 Å². The Morgan fingerprint density at radius 3 is 2.59 bits per heavy atom. The monoisotopic (exact) mass is 306 g/mol. The number of carbonyl (C=O) groups excluding carboxylic acids is 1. The van der Waals surface area contributed by atoms with Crippen LogP contribution in [-0.4, -0.2) is 45.7 Å². The minimum absolute atomic E-state index is 0.122. The van der Waals surface area contributed by atoms with Crippen LogP contribution in [0.3, 0.4) is 0 Å². The van der Waals surface area contributed by atoms with Gasteiger partial charge in [0.05, 0.1) is 5.92 Å². The van der Waals surface area contributed by atoms with Crippen LogP contribution in [0.4, 0.5) is 4.79 Å². The van der Waals surface area contributed by atoms with Crippen molar-refractivity contribution in [2.45, 2.75) is 38.7 Å². The topological polar surface area (TPSA) is 79.7 Å². The molecular weight excluding hydrogens is 284 g/mol. The Bertz CT molecular complexity index is 567. The molecule has 1 fully saturated rings. The average molecular weight is 306 g/mol. The molecule has 22 heavy (non-hydrogen) atoms. The molecule has 1 aliphatic heterocycles. The van der Waals surface area contributed by atoms with E-state index in [4.69, 9.17) is 4.74 Å². The normalized spacial score (nSPS) is 25.1. The standard InChI is InChI=1S/C16H22N2O4/c1-15(2,3)22-14(21)18-9-11(13(19)20)16(4,10-18)12-7-5-6-8-17-12/h5-8,11H,9-10H2,1-4H3,(H,19,20)/t11-,16+/m0/s1. The number of pyridine rings is 1. The van der Waals surface area contributed by atoms with Gasteiger partial charge in [-0.1, -0.05) is 13.0 Å². The number of rotatable bonds is 2. The van der Waals surface area contributed by atoms with Gasteiger partial charge in [-0.3, -0.25) is 9.78 Å². The van der Waals surface area contributed by atoms with Crippen molar-refractivity contribution in [1.29, 1.82) is 0 Å². The number of hydrogen-bond donors (Lipinski definition) is 1. The van der Waals surface area contributed by atoms with E-state index in [0.717, 1.165) is 0 Å². The van der Waals surface area contributed by atoms with Crippen molar-refractivity contribution in [2.75, 3.05) is 13.1 Å². The summed E-state index contributed by atoms with van der Waals surface area (Å²) in [6, 6.07) is 5.40. The second-order valence-electron chi connectivity index (χ2n) is 6.88. The number of likely N-dealkylation sites (tertiary alicyclic amines) is 1. The first kappa shape index (κ1) is 16.3. The second kappa shape index (κ2) is 5.59. The Morgan fingerprint density at radius 1 is 1.41 bits per heavy atom.